The Labute approximate surface area is 128 Å². The summed E-state index contributed by atoms with van der Waals surface area (Å²) in [6.07, 6.45) is 1.68. The minimum atomic E-state index is -0.0556. The lowest BCUT2D eigenvalue weighted by Crippen LogP contribution is -2.00. The van der Waals surface area contributed by atoms with Crippen LogP contribution in [0, 0.1) is 6.92 Å². The predicted octanol–water partition coefficient (Wildman–Crippen LogP) is 4.39. The highest BCUT2D eigenvalue weighted by Gasteiger charge is 2.08. The Kier molecular flexibility index (Phi) is 9.24. The first-order valence-electron chi connectivity index (χ1n) is 5.25. The molecule has 0 N–H and O–H groups in total. The van der Waals surface area contributed by atoms with Crippen LogP contribution >= 0.6 is 47.6 Å². The Morgan fingerprint density at radius 2 is 1.61 bits per heavy atom. The summed E-state index contributed by atoms with van der Waals surface area (Å²) in [7, 11) is 0. The van der Waals surface area contributed by atoms with Crippen LogP contribution in [0.4, 0.5) is 5.69 Å². The molecule has 7 heteroatoms. The molecule has 0 atom stereocenters. The molecule has 1 heterocycles. The minimum absolute atomic E-state index is 0.0556. The smallest absolute Gasteiger partial charge is 0.169 e. The van der Waals surface area contributed by atoms with Crippen molar-refractivity contribution in [3.05, 3.63) is 17.2 Å². The molecule has 0 saturated heterocycles. The highest BCUT2D eigenvalue weighted by atomic mass is 35.5. The van der Waals surface area contributed by atoms with Gasteiger partial charge in [-0.15, -0.1) is 0 Å². The van der Waals surface area contributed by atoms with Crippen molar-refractivity contribution < 1.29 is 0 Å². The Hall–Kier alpha value is -0.450. The van der Waals surface area contributed by atoms with Crippen LogP contribution in [0.2, 0.25) is 0 Å². The highest BCUT2D eigenvalue weighted by Crippen LogP contribution is 2.22. The number of nitrogens with zero attached hydrogens (tertiary/aromatic N) is 3. The SMILES string of the molecule is CCc1nc(C)nc(CC)c1N=C=S.S=C(Cl)Cl. The molecule has 0 aliphatic rings. The van der Waals surface area contributed by atoms with Crippen LogP contribution in [0.1, 0.15) is 31.1 Å². The second-order valence-corrected chi connectivity index (χ2v) is 5.14. The number of halogens is 2. The molecule has 0 aliphatic carbocycles. The molecule has 0 fully saturated rings. The molecule has 0 bridgehead atoms. The van der Waals surface area contributed by atoms with Crippen molar-refractivity contribution >= 4 is 62.3 Å². The quantitative estimate of drug-likeness (QED) is 0.470. The van der Waals surface area contributed by atoms with E-state index in [9.17, 15) is 0 Å². The van der Waals surface area contributed by atoms with E-state index in [1.807, 2.05) is 20.8 Å². The van der Waals surface area contributed by atoms with Crippen molar-refractivity contribution in [2.24, 2.45) is 4.99 Å². The fourth-order valence-electron chi connectivity index (χ4n) is 1.36. The maximum Gasteiger partial charge on any atom is 0.169 e. The summed E-state index contributed by atoms with van der Waals surface area (Å²) in [5.74, 6) is 0.794. The molecule has 0 amide bonds. The van der Waals surface area contributed by atoms with Crippen LogP contribution in [0.15, 0.2) is 4.99 Å². The Balaban J connectivity index is 0.000000631. The lowest BCUT2D eigenvalue weighted by Gasteiger charge is -2.06. The first-order chi connectivity index (χ1) is 8.46. The van der Waals surface area contributed by atoms with Gasteiger partial charge in [-0.25, -0.2) is 9.97 Å². The van der Waals surface area contributed by atoms with E-state index in [1.54, 1.807) is 0 Å². The van der Waals surface area contributed by atoms with E-state index in [0.717, 1.165) is 35.7 Å². The lowest BCUT2D eigenvalue weighted by atomic mass is 10.2. The van der Waals surface area contributed by atoms with Gasteiger partial charge < -0.3 is 0 Å². The molecule has 3 nitrogen and oxygen atoms in total. The monoisotopic (exact) mass is 321 g/mol. The molecule has 0 unspecified atom stereocenters. The van der Waals surface area contributed by atoms with E-state index in [4.69, 9.17) is 23.2 Å². The third-order valence-electron chi connectivity index (χ3n) is 1.97. The summed E-state index contributed by atoms with van der Waals surface area (Å²) in [5.41, 5.74) is 2.70. The van der Waals surface area contributed by atoms with Gasteiger partial charge in [-0.3, -0.25) is 0 Å². The fourth-order valence-corrected chi connectivity index (χ4v) is 1.45. The van der Waals surface area contributed by atoms with Crippen molar-refractivity contribution in [2.45, 2.75) is 33.6 Å². The molecule has 18 heavy (non-hydrogen) atoms. The van der Waals surface area contributed by atoms with Gasteiger partial charge in [0.05, 0.1) is 16.5 Å². The summed E-state index contributed by atoms with van der Waals surface area (Å²) >= 11 is 18.2. The Morgan fingerprint density at radius 3 is 1.89 bits per heavy atom. The Morgan fingerprint density at radius 1 is 1.22 bits per heavy atom. The van der Waals surface area contributed by atoms with Gasteiger partial charge in [-0.2, -0.15) is 4.99 Å². The largest absolute Gasteiger partial charge is 0.236 e. The number of hydrogen-bond donors (Lipinski definition) is 0. The van der Waals surface area contributed by atoms with Crippen LogP contribution in [0.25, 0.3) is 0 Å². The van der Waals surface area contributed by atoms with E-state index in [-0.39, 0.29) is 3.78 Å². The zero-order valence-electron chi connectivity index (χ0n) is 10.3. The van der Waals surface area contributed by atoms with Gasteiger partial charge in [0.15, 0.2) is 3.78 Å². The predicted molar refractivity (Wildman–Crippen MR) is 84.5 cm³/mol. The molecule has 1 rings (SSSR count). The first-order valence-corrected chi connectivity index (χ1v) is 6.82. The summed E-state index contributed by atoms with van der Waals surface area (Å²) in [5, 5.41) is 2.38. The van der Waals surface area contributed by atoms with Crippen molar-refractivity contribution in [1.29, 1.82) is 0 Å². The van der Waals surface area contributed by atoms with Gasteiger partial charge in [0.1, 0.15) is 11.5 Å². The average molecular weight is 322 g/mol. The average Bonchev–Trinajstić information content (AvgIpc) is 2.30. The first kappa shape index (κ1) is 17.6. The minimum Gasteiger partial charge on any atom is -0.236 e. The van der Waals surface area contributed by atoms with E-state index in [1.165, 1.54) is 0 Å². The number of rotatable bonds is 3. The van der Waals surface area contributed by atoms with E-state index >= 15 is 0 Å². The number of aryl methyl sites for hydroxylation is 3. The molecule has 1 aromatic heterocycles. The summed E-state index contributed by atoms with van der Waals surface area (Å²) in [6, 6.07) is 0. The van der Waals surface area contributed by atoms with Crippen LogP contribution in [-0.2, 0) is 12.8 Å². The van der Waals surface area contributed by atoms with E-state index in [2.05, 4.69) is 44.6 Å². The zero-order valence-corrected chi connectivity index (χ0v) is 13.5. The second kappa shape index (κ2) is 9.48. The van der Waals surface area contributed by atoms with Gasteiger partial charge in [-0.1, -0.05) is 49.3 Å². The lowest BCUT2D eigenvalue weighted by molar-refractivity contribution is 0.894. The van der Waals surface area contributed by atoms with Gasteiger partial charge >= 0.3 is 0 Å². The van der Waals surface area contributed by atoms with Crippen molar-refractivity contribution in [3.63, 3.8) is 0 Å². The number of thiocarbonyl (C=S) groups is 2. The molecule has 0 aromatic carbocycles. The third kappa shape index (κ3) is 6.47. The van der Waals surface area contributed by atoms with Crippen LogP contribution < -0.4 is 0 Å². The van der Waals surface area contributed by atoms with Crippen molar-refractivity contribution in [1.82, 2.24) is 9.97 Å². The second-order valence-electron chi connectivity index (χ2n) is 3.15. The molecular formula is C11H13Cl2N3S2. The van der Waals surface area contributed by atoms with Crippen molar-refractivity contribution in [2.75, 3.05) is 0 Å². The topological polar surface area (TPSA) is 38.1 Å². The summed E-state index contributed by atoms with van der Waals surface area (Å²) in [6.45, 7) is 5.98. The third-order valence-corrected chi connectivity index (χ3v) is 2.06. The summed E-state index contributed by atoms with van der Waals surface area (Å²) < 4.78 is -0.0556. The highest BCUT2D eigenvalue weighted by molar-refractivity contribution is 7.86. The number of hydrogen-bond acceptors (Lipinski definition) is 5. The van der Waals surface area contributed by atoms with Gasteiger partial charge in [0, 0.05) is 0 Å². The summed E-state index contributed by atoms with van der Waals surface area (Å²) in [4.78, 5) is 12.7. The van der Waals surface area contributed by atoms with E-state index < -0.39 is 0 Å². The van der Waals surface area contributed by atoms with Gasteiger partial charge in [0.25, 0.3) is 0 Å². The van der Waals surface area contributed by atoms with Gasteiger partial charge in [-0.05, 0) is 32.0 Å². The van der Waals surface area contributed by atoms with E-state index in [0.29, 0.717) is 0 Å². The van der Waals surface area contributed by atoms with Crippen LogP contribution in [-0.4, -0.2) is 18.9 Å². The standard InChI is InChI=1S/C10H13N3S.CCl2S/c1-4-8-10(11-6-14)9(5-2)13-7(3)12-8;2-1(3)4/h4-5H2,1-3H3;. The number of aromatic nitrogens is 2. The maximum atomic E-state index is 4.77. The van der Waals surface area contributed by atoms with Crippen LogP contribution in [0.3, 0.4) is 0 Å². The normalized spacial score (nSPS) is 8.94. The van der Waals surface area contributed by atoms with Gasteiger partial charge in [0.2, 0.25) is 0 Å². The molecule has 98 valence electrons. The zero-order chi connectivity index (χ0) is 14.1. The molecule has 0 radical (unpaired) electrons. The number of isothiocyanates is 1. The molecule has 0 aliphatic heterocycles. The molecule has 0 spiro atoms. The maximum absolute atomic E-state index is 4.77. The van der Waals surface area contributed by atoms with Crippen LogP contribution in [0.5, 0.6) is 0 Å². The number of aliphatic imine (C=N–C) groups is 1. The molecule has 0 saturated carbocycles. The fraction of sp³-hybridized carbons (Fsp3) is 0.455. The Bertz CT molecular complexity index is 442. The molecule has 1 aromatic rings. The molecular weight excluding hydrogens is 309 g/mol. The van der Waals surface area contributed by atoms with Crippen molar-refractivity contribution in [3.8, 4) is 0 Å².